The van der Waals surface area contributed by atoms with E-state index >= 15 is 0 Å². The highest BCUT2D eigenvalue weighted by atomic mass is 19.2. The van der Waals surface area contributed by atoms with Crippen molar-refractivity contribution in [2.24, 2.45) is 5.92 Å². The molecule has 0 aliphatic carbocycles. The summed E-state index contributed by atoms with van der Waals surface area (Å²) in [5.74, 6) is -0.172. The van der Waals surface area contributed by atoms with Gasteiger partial charge in [-0.3, -0.25) is 0 Å². The SMILES string of the molecule is CC1CNCC(F)C1F. The molecule has 0 aromatic rings. The van der Waals surface area contributed by atoms with Gasteiger partial charge in [-0.05, 0) is 0 Å². The molecule has 1 nitrogen and oxygen atoms in total. The second-order valence-electron chi connectivity index (χ2n) is 2.60. The third kappa shape index (κ3) is 1.39. The molecule has 1 N–H and O–H groups in total. The molecule has 1 aliphatic heterocycles. The van der Waals surface area contributed by atoms with Crippen LogP contribution in [0.4, 0.5) is 8.78 Å². The molecule has 3 heteroatoms. The fourth-order valence-electron chi connectivity index (χ4n) is 1.03. The molecule has 1 saturated heterocycles. The van der Waals surface area contributed by atoms with Crippen molar-refractivity contribution < 1.29 is 8.78 Å². The van der Waals surface area contributed by atoms with Crippen LogP contribution in [-0.4, -0.2) is 25.4 Å². The number of rotatable bonds is 0. The van der Waals surface area contributed by atoms with Gasteiger partial charge in [0.05, 0.1) is 0 Å². The number of alkyl halides is 2. The molecule has 3 unspecified atom stereocenters. The number of piperidine rings is 1. The van der Waals surface area contributed by atoms with Gasteiger partial charge in [-0.25, -0.2) is 8.78 Å². The van der Waals surface area contributed by atoms with Crippen LogP contribution in [0, 0.1) is 5.92 Å². The minimum Gasteiger partial charge on any atom is -0.313 e. The van der Waals surface area contributed by atoms with Gasteiger partial charge in [0.2, 0.25) is 0 Å². The molecule has 0 spiro atoms. The van der Waals surface area contributed by atoms with E-state index in [1.54, 1.807) is 6.92 Å². The first-order valence-electron chi connectivity index (χ1n) is 3.20. The molecular formula is C6H11F2N. The Bertz CT molecular complexity index is 87.1. The zero-order valence-corrected chi connectivity index (χ0v) is 5.40. The zero-order valence-electron chi connectivity index (χ0n) is 5.40. The molecule has 0 saturated carbocycles. The van der Waals surface area contributed by atoms with E-state index in [0.29, 0.717) is 6.54 Å². The molecule has 0 bridgehead atoms. The van der Waals surface area contributed by atoms with Gasteiger partial charge < -0.3 is 5.32 Å². The van der Waals surface area contributed by atoms with Crippen molar-refractivity contribution in [3.05, 3.63) is 0 Å². The molecular weight excluding hydrogens is 124 g/mol. The first-order valence-corrected chi connectivity index (χ1v) is 3.20. The van der Waals surface area contributed by atoms with Gasteiger partial charge in [0, 0.05) is 19.0 Å². The van der Waals surface area contributed by atoms with Gasteiger partial charge in [0.25, 0.3) is 0 Å². The zero-order chi connectivity index (χ0) is 6.85. The maximum absolute atomic E-state index is 12.6. The summed E-state index contributed by atoms with van der Waals surface area (Å²) in [5, 5.41) is 2.80. The van der Waals surface area contributed by atoms with E-state index in [9.17, 15) is 8.78 Å². The monoisotopic (exact) mass is 135 g/mol. The van der Waals surface area contributed by atoms with Crippen LogP contribution in [-0.2, 0) is 0 Å². The summed E-state index contributed by atoms with van der Waals surface area (Å²) in [6.07, 6.45) is -2.56. The Labute approximate surface area is 53.4 Å². The summed E-state index contributed by atoms with van der Waals surface area (Å²) in [7, 11) is 0. The normalized spacial score (nSPS) is 45.0. The van der Waals surface area contributed by atoms with Gasteiger partial charge in [-0.2, -0.15) is 0 Å². The van der Waals surface area contributed by atoms with Gasteiger partial charge in [-0.15, -0.1) is 0 Å². The lowest BCUT2D eigenvalue weighted by atomic mass is 9.98. The highest BCUT2D eigenvalue weighted by molar-refractivity contribution is 4.82. The summed E-state index contributed by atoms with van der Waals surface area (Å²) < 4.78 is 24.9. The van der Waals surface area contributed by atoms with Crippen molar-refractivity contribution in [2.45, 2.75) is 19.3 Å². The molecule has 1 aliphatic rings. The largest absolute Gasteiger partial charge is 0.313 e. The molecule has 1 fully saturated rings. The molecule has 1 heterocycles. The fourth-order valence-corrected chi connectivity index (χ4v) is 1.03. The second-order valence-corrected chi connectivity index (χ2v) is 2.60. The Balaban J connectivity index is 2.41. The number of nitrogens with one attached hydrogen (secondary N) is 1. The highest BCUT2D eigenvalue weighted by Gasteiger charge is 2.29. The number of halogens is 2. The van der Waals surface area contributed by atoms with Gasteiger partial charge in [-0.1, -0.05) is 6.92 Å². The predicted octanol–water partition coefficient (Wildman–Crippen LogP) is 0.902. The first-order chi connectivity index (χ1) is 4.22. The van der Waals surface area contributed by atoms with Crippen LogP contribution >= 0.6 is 0 Å². The Morgan fingerprint density at radius 2 is 2.00 bits per heavy atom. The van der Waals surface area contributed by atoms with Crippen LogP contribution in [0.15, 0.2) is 0 Å². The highest BCUT2D eigenvalue weighted by Crippen LogP contribution is 2.16. The van der Waals surface area contributed by atoms with Crippen molar-refractivity contribution in [3.63, 3.8) is 0 Å². The van der Waals surface area contributed by atoms with E-state index in [1.165, 1.54) is 0 Å². The molecule has 0 aromatic carbocycles. The number of hydrogen-bond donors (Lipinski definition) is 1. The minimum absolute atomic E-state index is 0.172. The van der Waals surface area contributed by atoms with Crippen molar-refractivity contribution >= 4 is 0 Å². The quantitative estimate of drug-likeness (QED) is 0.520. The van der Waals surface area contributed by atoms with Crippen LogP contribution in [0.25, 0.3) is 0 Å². The summed E-state index contributed by atoms with van der Waals surface area (Å²) in [4.78, 5) is 0. The summed E-state index contributed by atoms with van der Waals surface area (Å²) in [6.45, 7) is 2.48. The molecule has 0 aromatic heterocycles. The fraction of sp³-hybridized carbons (Fsp3) is 1.00. The van der Waals surface area contributed by atoms with Gasteiger partial charge >= 0.3 is 0 Å². The van der Waals surface area contributed by atoms with E-state index in [4.69, 9.17) is 0 Å². The molecule has 3 atom stereocenters. The van der Waals surface area contributed by atoms with E-state index in [1.807, 2.05) is 0 Å². The van der Waals surface area contributed by atoms with Gasteiger partial charge in [0.1, 0.15) is 12.3 Å². The third-order valence-corrected chi connectivity index (χ3v) is 1.69. The summed E-state index contributed by atoms with van der Waals surface area (Å²) >= 11 is 0. The second kappa shape index (κ2) is 2.60. The van der Waals surface area contributed by atoms with E-state index in [2.05, 4.69) is 5.32 Å². The lowest BCUT2D eigenvalue weighted by Gasteiger charge is -2.26. The third-order valence-electron chi connectivity index (χ3n) is 1.69. The van der Waals surface area contributed by atoms with Crippen molar-refractivity contribution in [1.29, 1.82) is 0 Å². The van der Waals surface area contributed by atoms with E-state index in [0.717, 1.165) is 0 Å². The molecule has 1 rings (SSSR count). The Morgan fingerprint density at radius 1 is 1.33 bits per heavy atom. The summed E-state index contributed by atoms with van der Waals surface area (Å²) in [5.41, 5.74) is 0. The van der Waals surface area contributed by atoms with Crippen molar-refractivity contribution in [3.8, 4) is 0 Å². The van der Waals surface area contributed by atoms with Crippen molar-refractivity contribution in [1.82, 2.24) is 5.32 Å². The standard InChI is InChI=1S/C6H11F2N/c1-4-2-9-3-5(7)6(4)8/h4-6,9H,2-3H2,1H3. The predicted molar refractivity (Wildman–Crippen MR) is 31.8 cm³/mol. The van der Waals surface area contributed by atoms with Gasteiger partial charge in [0.15, 0.2) is 0 Å². The van der Waals surface area contributed by atoms with E-state index < -0.39 is 12.3 Å². The summed E-state index contributed by atoms with van der Waals surface area (Å²) in [6, 6.07) is 0. The van der Waals surface area contributed by atoms with Crippen LogP contribution in [0.3, 0.4) is 0 Å². The van der Waals surface area contributed by atoms with Crippen molar-refractivity contribution in [2.75, 3.05) is 13.1 Å². The Kier molecular flexibility index (Phi) is 2.01. The first kappa shape index (κ1) is 6.93. The molecule has 0 radical (unpaired) electrons. The maximum atomic E-state index is 12.6. The Morgan fingerprint density at radius 3 is 2.44 bits per heavy atom. The lowest BCUT2D eigenvalue weighted by molar-refractivity contribution is 0.0876. The van der Waals surface area contributed by atoms with Crippen LogP contribution in [0.5, 0.6) is 0 Å². The minimum atomic E-state index is -1.30. The average molecular weight is 135 g/mol. The van der Waals surface area contributed by atoms with Crippen LogP contribution < -0.4 is 5.32 Å². The topological polar surface area (TPSA) is 12.0 Å². The number of hydrogen-bond acceptors (Lipinski definition) is 1. The van der Waals surface area contributed by atoms with E-state index in [-0.39, 0.29) is 12.5 Å². The molecule has 0 amide bonds. The maximum Gasteiger partial charge on any atom is 0.144 e. The smallest absolute Gasteiger partial charge is 0.144 e. The molecule has 9 heavy (non-hydrogen) atoms. The Hall–Kier alpha value is -0.180. The van der Waals surface area contributed by atoms with Crippen LogP contribution in [0.2, 0.25) is 0 Å². The average Bonchev–Trinajstić information content (AvgIpc) is 1.83. The lowest BCUT2D eigenvalue weighted by Crippen LogP contribution is -2.45. The molecule has 54 valence electrons. The van der Waals surface area contributed by atoms with Crippen LogP contribution in [0.1, 0.15) is 6.92 Å².